The van der Waals surface area contributed by atoms with Gasteiger partial charge in [-0.3, -0.25) is 4.79 Å². The predicted molar refractivity (Wildman–Crippen MR) is 72.4 cm³/mol. The van der Waals surface area contributed by atoms with Gasteiger partial charge in [0.2, 0.25) is 0 Å². The van der Waals surface area contributed by atoms with E-state index in [0.717, 1.165) is 25.3 Å². The van der Waals surface area contributed by atoms with Gasteiger partial charge in [0.1, 0.15) is 11.6 Å². The van der Waals surface area contributed by atoms with Crippen LogP contribution >= 0.6 is 0 Å². The molecule has 0 radical (unpaired) electrons. The van der Waals surface area contributed by atoms with Crippen LogP contribution in [0.25, 0.3) is 0 Å². The van der Waals surface area contributed by atoms with Gasteiger partial charge in [0.25, 0.3) is 0 Å². The quantitative estimate of drug-likeness (QED) is 0.859. The molecule has 1 aromatic rings. The van der Waals surface area contributed by atoms with Crippen molar-refractivity contribution < 1.29 is 18.3 Å². The number of hydrogen-bond acceptors (Lipinski definition) is 3. The summed E-state index contributed by atoms with van der Waals surface area (Å²) in [5.41, 5.74) is 0.414. The van der Waals surface area contributed by atoms with Gasteiger partial charge in [-0.1, -0.05) is 6.42 Å². The average Bonchev–Trinajstić information content (AvgIpc) is 2.38. The zero-order chi connectivity index (χ0) is 14.5. The second-order valence-electron chi connectivity index (χ2n) is 5.11. The molecule has 0 amide bonds. The standard InChI is InChI=1S/C15H19F2NO2/c1-2-20-15(19)10-4-3-5-13(6-10)18-14-8-11(16)7-12(17)9-14/h7-10,13,18H,2-6H2,1H3. The molecule has 2 atom stereocenters. The topological polar surface area (TPSA) is 38.3 Å². The van der Waals surface area contributed by atoms with Crippen LogP contribution in [-0.2, 0) is 9.53 Å². The molecule has 1 aliphatic carbocycles. The minimum absolute atomic E-state index is 0.0411. The van der Waals surface area contributed by atoms with E-state index in [1.54, 1.807) is 6.92 Å². The molecule has 1 fully saturated rings. The fraction of sp³-hybridized carbons (Fsp3) is 0.533. The van der Waals surface area contributed by atoms with Gasteiger partial charge >= 0.3 is 5.97 Å². The van der Waals surface area contributed by atoms with Crippen LogP contribution in [0, 0.1) is 17.6 Å². The first-order valence-electron chi connectivity index (χ1n) is 6.97. The number of halogens is 2. The third-order valence-corrected chi connectivity index (χ3v) is 3.53. The maximum Gasteiger partial charge on any atom is 0.308 e. The van der Waals surface area contributed by atoms with E-state index in [0.29, 0.717) is 18.7 Å². The van der Waals surface area contributed by atoms with Crippen molar-refractivity contribution in [2.24, 2.45) is 5.92 Å². The molecule has 5 heteroatoms. The number of ether oxygens (including phenoxy) is 1. The highest BCUT2D eigenvalue weighted by atomic mass is 19.1. The van der Waals surface area contributed by atoms with E-state index in [-0.39, 0.29) is 17.9 Å². The summed E-state index contributed by atoms with van der Waals surface area (Å²) in [5.74, 6) is -1.51. The SMILES string of the molecule is CCOC(=O)C1CCCC(Nc2cc(F)cc(F)c2)C1. The van der Waals surface area contributed by atoms with Crippen molar-refractivity contribution in [3.63, 3.8) is 0 Å². The zero-order valence-electron chi connectivity index (χ0n) is 11.5. The van der Waals surface area contributed by atoms with Crippen molar-refractivity contribution in [2.75, 3.05) is 11.9 Å². The monoisotopic (exact) mass is 283 g/mol. The minimum Gasteiger partial charge on any atom is -0.466 e. The summed E-state index contributed by atoms with van der Waals surface area (Å²) in [6.45, 7) is 2.16. The van der Waals surface area contributed by atoms with Gasteiger partial charge in [-0.05, 0) is 38.3 Å². The van der Waals surface area contributed by atoms with Gasteiger partial charge in [-0.15, -0.1) is 0 Å². The van der Waals surface area contributed by atoms with Crippen molar-refractivity contribution in [3.05, 3.63) is 29.8 Å². The molecule has 1 aliphatic rings. The van der Waals surface area contributed by atoms with Gasteiger partial charge in [0.15, 0.2) is 0 Å². The van der Waals surface area contributed by atoms with E-state index in [9.17, 15) is 13.6 Å². The molecular formula is C15H19F2NO2. The van der Waals surface area contributed by atoms with E-state index in [1.807, 2.05) is 0 Å². The molecule has 0 heterocycles. The second-order valence-corrected chi connectivity index (χ2v) is 5.11. The predicted octanol–water partition coefficient (Wildman–Crippen LogP) is 3.50. The highest BCUT2D eigenvalue weighted by molar-refractivity contribution is 5.72. The Hall–Kier alpha value is -1.65. The zero-order valence-corrected chi connectivity index (χ0v) is 11.5. The molecule has 110 valence electrons. The van der Waals surface area contributed by atoms with Crippen LogP contribution in [0.3, 0.4) is 0 Å². The average molecular weight is 283 g/mol. The van der Waals surface area contributed by atoms with Crippen LogP contribution in [0.5, 0.6) is 0 Å². The van der Waals surface area contributed by atoms with Crippen molar-refractivity contribution in [1.82, 2.24) is 0 Å². The van der Waals surface area contributed by atoms with Crippen LogP contribution in [0.1, 0.15) is 32.6 Å². The number of rotatable bonds is 4. The Kier molecular flexibility index (Phi) is 4.93. The fourth-order valence-corrected chi connectivity index (χ4v) is 2.67. The van der Waals surface area contributed by atoms with Crippen molar-refractivity contribution >= 4 is 11.7 Å². The molecule has 0 saturated heterocycles. The molecular weight excluding hydrogens is 264 g/mol. The maximum atomic E-state index is 13.1. The van der Waals surface area contributed by atoms with Gasteiger partial charge in [0.05, 0.1) is 12.5 Å². The Morgan fingerprint density at radius 1 is 1.30 bits per heavy atom. The van der Waals surface area contributed by atoms with E-state index < -0.39 is 11.6 Å². The summed E-state index contributed by atoms with van der Waals surface area (Å²) in [4.78, 5) is 11.7. The highest BCUT2D eigenvalue weighted by Gasteiger charge is 2.28. The number of anilines is 1. The second kappa shape index (κ2) is 6.68. The first-order chi connectivity index (χ1) is 9.58. The summed E-state index contributed by atoms with van der Waals surface area (Å²) >= 11 is 0. The maximum absolute atomic E-state index is 13.1. The third kappa shape index (κ3) is 3.92. The van der Waals surface area contributed by atoms with E-state index in [1.165, 1.54) is 12.1 Å². The number of carbonyl (C=O) groups excluding carboxylic acids is 1. The summed E-state index contributed by atoms with van der Waals surface area (Å²) in [6.07, 6.45) is 3.23. The number of carbonyl (C=O) groups is 1. The van der Waals surface area contributed by atoms with E-state index >= 15 is 0 Å². The Morgan fingerprint density at radius 3 is 2.65 bits per heavy atom. The van der Waals surface area contributed by atoms with E-state index in [2.05, 4.69) is 5.32 Å². The Labute approximate surface area is 117 Å². The van der Waals surface area contributed by atoms with Crippen LogP contribution in [0.2, 0.25) is 0 Å². The smallest absolute Gasteiger partial charge is 0.308 e. The summed E-state index contributed by atoms with van der Waals surface area (Å²) in [7, 11) is 0. The minimum atomic E-state index is -0.606. The third-order valence-electron chi connectivity index (χ3n) is 3.53. The molecule has 0 aliphatic heterocycles. The lowest BCUT2D eigenvalue weighted by Gasteiger charge is -2.29. The number of esters is 1. The Balaban J connectivity index is 1.97. The molecule has 3 nitrogen and oxygen atoms in total. The van der Waals surface area contributed by atoms with E-state index in [4.69, 9.17) is 4.74 Å². The highest BCUT2D eigenvalue weighted by Crippen LogP contribution is 2.28. The molecule has 1 aromatic carbocycles. The first-order valence-corrected chi connectivity index (χ1v) is 6.97. The van der Waals surface area contributed by atoms with Crippen LogP contribution in [0.15, 0.2) is 18.2 Å². The lowest BCUT2D eigenvalue weighted by Crippen LogP contribution is -2.32. The molecule has 2 rings (SSSR count). The number of hydrogen-bond donors (Lipinski definition) is 1. The van der Waals surface area contributed by atoms with Crippen molar-refractivity contribution in [2.45, 2.75) is 38.6 Å². The summed E-state index contributed by atoms with van der Waals surface area (Å²) < 4.78 is 31.3. The molecule has 0 aromatic heterocycles. The Bertz CT molecular complexity index is 459. The molecule has 1 saturated carbocycles. The van der Waals surface area contributed by atoms with Crippen LogP contribution in [-0.4, -0.2) is 18.6 Å². The molecule has 0 spiro atoms. The molecule has 20 heavy (non-hydrogen) atoms. The van der Waals surface area contributed by atoms with Crippen molar-refractivity contribution in [1.29, 1.82) is 0 Å². The molecule has 1 N–H and O–H groups in total. The Morgan fingerprint density at radius 2 is 2.00 bits per heavy atom. The summed E-state index contributed by atoms with van der Waals surface area (Å²) in [5, 5.41) is 3.10. The molecule has 0 bridgehead atoms. The van der Waals surface area contributed by atoms with Gasteiger partial charge in [-0.2, -0.15) is 0 Å². The normalized spacial score (nSPS) is 22.4. The lowest BCUT2D eigenvalue weighted by molar-refractivity contribution is -0.149. The summed E-state index contributed by atoms with van der Waals surface area (Å²) in [6, 6.07) is 3.40. The van der Waals surface area contributed by atoms with Crippen LogP contribution in [0.4, 0.5) is 14.5 Å². The van der Waals surface area contributed by atoms with Crippen molar-refractivity contribution in [3.8, 4) is 0 Å². The van der Waals surface area contributed by atoms with Gasteiger partial charge in [-0.25, -0.2) is 8.78 Å². The fourth-order valence-electron chi connectivity index (χ4n) is 2.67. The first kappa shape index (κ1) is 14.8. The van der Waals surface area contributed by atoms with Gasteiger partial charge < -0.3 is 10.1 Å². The van der Waals surface area contributed by atoms with Crippen LogP contribution < -0.4 is 5.32 Å². The largest absolute Gasteiger partial charge is 0.466 e. The molecule has 2 unspecified atom stereocenters. The lowest BCUT2D eigenvalue weighted by atomic mass is 9.85. The number of benzene rings is 1. The number of nitrogens with one attached hydrogen (secondary N) is 1. The van der Waals surface area contributed by atoms with Gasteiger partial charge in [0, 0.05) is 17.8 Å².